The monoisotopic (exact) mass is 237 g/mol. The Hall–Kier alpha value is -1.69. The molecular weight excluding hydrogens is 222 g/mol. The van der Waals surface area contributed by atoms with Crippen LogP contribution in [0.2, 0.25) is 0 Å². The van der Waals surface area contributed by atoms with E-state index in [1.54, 1.807) is 12.1 Å². The van der Waals surface area contributed by atoms with Crippen LogP contribution in [0.15, 0.2) is 12.1 Å². The maximum Gasteiger partial charge on any atom is 0.358 e. The van der Waals surface area contributed by atoms with Crippen LogP contribution in [0.4, 0.5) is 0 Å². The van der Waals surface area contributed by atoms with Crippen LogP contribution in [-0.2, 0) is 4.74 Å². The molecule has 1 fully saturated rings. The van der Waals surface area contributed by atoms with E-state index in [2.05, 4.69) is 20.3 Å². The number of carbonyl (C=O) groups excluding carboxylic acids is 1. The van der Waals surface area contributed by atoms with Gasteiger partial charge in [0, 0.05) is 12.6 Å². The first-order valence-electron chi connectivity index (χ1n) is 5.59. The minimum absolute atomic E-state index is 0.127. The van der Waals surface area contributed by atoms with Crippen molar-refractivity contribution in [1.29, 1.82) is 0 Å². The van der Waals surface area contributed by atoms with Crippen LogP contribution >= 0.6 is 0 Å². The molecule has 92 valence electrons. The number of nitrogens with one attached hydrogen (secondary N) is 1. The molecule has 1 saturated heterocycles. The molecule has 2 heterocycles. The van der Waals surface area contributed by atoms with Gasteiger partial charge in [0.15, 0.2) is 5.69 Å². The molecule has 1 aliphatic heterocycles. The van der Waals surface area contributed by atoms with E-state index in [4.69, 9.17) is 4.74 Å². The first-order valence-corrected chi connectivity index (χ1v) is 5.59. The van der Waals surface area contributed by atoms with Crippen molar-refractivity contribution < 1.29 is 14.3 Å². The molecule has 1 aromatic heterocycles. The molecule has 1 aliphatic rings. The number of aromatic nitrogens is 2. The van der Waals surface area contributed by atoms with Gasteiger partial charge in [0.05, 0.1) is 7.11 Å². The Morgan fingerprint density at radius 3 is 2.94 bits per heavy atom. The Labute approximate surface area is 99.3 Å². The molecule has 1 unspecified atom stereocenters. The summed E-state index contributed by atoms with van der Waals surface area (Å²) in [6.07, 6.45) is 2.23. The summed E-state index contributed by atoms with van der Waals surface area (Å²) in [5, 5.41) is 10.8. The van der Waals surface area contributed by atoms with Crippen LogP contribution in [0, 0.1) is 0 Å². The molecule has 0 aliphatic carbocycles. The zero-order valence-electron chi connectivity index (χ0n) is 9.68. The summed E-state index contributed by atoms with van der Waals surface area (Å²) in [5.41, 5.74) is 0.182. The zero-order valence-corrected chi connectivity index (χ0v) is 9.68. The molecule has 1 N–H and O–H groups in total. The minimum atomic E-state index is -0.497. The number of carbonyl (C=O) groups is 1. The molecule has 0 aromatic carbocycles. The predicted octanol–water partition coefficient (Wildman–Crippen LogP) is 0.394. The third-order valence-corrected chi connectivity index (χ3v) is 2.57. The molecule has 0 radical (unpaired) electrons. The fourth-order valence-electron chi connectivity index (χ4n) is 1.69. The van der Waals surface area contributed by atoms with E-state index >= 15 is 0 Å². The van der Waals surface area contributed by atoms with Gasteiger partial charge in [-0.2, -0.15) is 0 Å². The number of rotatable bonds is 3. The summed E-state index contributed by atoms with van der Waals surface area (Å²) in [4.78, 5) is 11.1. The number of hydrogen-bond acceptors (Lipinski definition) is 6. The van der Waals surface area contributed by atoms with E-state index in [1.807, 2.05) is 0 Å². The number of methoxy groups -OCH3 is 1. The van der Waals surface area contributed by atoms with Crippen molar-refractivity contribution in [2.24, 2.45) is 0 Å². The van der Waals surface area contributed by atoms with Crippen LogP contribution in [0.5, 0.6) is 5.88 Å². The molecule has 1 aromatic rings. The van der Waals surface area contributed by atoms with Gasteiger partial charge in [-0.25, -0.2) is 4.79 Å². The van der Waals surface area contributed by atoms with Gasteiger partial charge in [0.1, 0.15) is 6.10 Å². The predicted molar refractivity (Wildman–Crippen MR) is 59.9 cm³/mol. The molecule has 0 spiro atoms. The van der Waals surface area contributed by atoms with Crippen LogP contribution in [0.25, 0.3) is 0 Å². The molecule has 0 bridgehead atoms. The maximum atomic E-state index is 11.1. The van der Waals surface area contributed by atoms with Crippen molar-refractivity contribution in [2.75, 3.05) is 20.2 Å². The van der Waals surface area contributed by atoms with Gasteiger partial charge in [0.2, 0.25) is 5.88 Å². The zero-order chi connectivity index (χ0) is 12.1. The lowest BCUT2D eigenvalue weighted by Crippen LogP contribution is -2.37. The van der Waals surface area contributed by atoms with Crippen molar-refractivity contribution in [2.45, 2.75) is 18.9 Å². The lowest BCUT2D eigenvalue weighted by Gasteiger charge is -2.22. The Bertz CT molecular complexity index is 374. The molecular formula is C11H15N3O3. The van der Waals surface area contributed by atoms with Crippen molar-refractivity contribution in [1.82, 2.24) is 15.5 Å². The van der Waals surface area contributed by atoms with Crippen LogP contribution in [-0.4, -0.2) is 42.5 Å². The third kappa shape index (κ3) is 3.13. The van der Waals surface area contributed by atoms with E-state index in [0.717, 1.165) is 25.9 Å². The molecule has 0 saturated carbocycles. The quantitative estimate of drug-likeness (QED) is 0.767. The van der Waals surface area contributed by atoms with Gasteiger partial charge in [-0.15, -0.1) is 10.2 Å². The maximum absolute atomic E-state index is 11.1. The van der Waals surface area contributed by atoms with Crippen molar-refractivity contribution in [3.05, 3.63) is 17.8 Å². The summed E-state index contributed by atoms with van der Waals surface area (Å²) in [5.74, 6) is -0.0604. The lowest BCUT2D eigenvalue weighted by atomic mass is 10.1. The number of ether oxygens (including phenoxy) is 2. The largest absolute Gasteiger partial charge is 0.472 e. The van der Waals surface area contributed by atoms with Gasteiger partial charge in [-0.05, 0) is 25.5 Å². The molecule has 6 nitrogen and oxygen atoms in total. The van der Waals surface area contributed by atoms with E-state index in [1.165, 1.54) is 7.11 Å². The fourth-order valence-corrected chi connectivity index (χ4v) is 1.69. The lowest BCUT2D eigenvalue weighted by molar-refractivity contribution is 0.0592. The summed E-state index contributed by atoms with van der Waals surface area (Å²) in [6, 6.07) is 3.18. The normalized spacial score (nSPS) is 19.7. The number of esters is 1. The first-order chi connectivity index (χ1) is 8.29. The molecule has 6 heteroatoms. The highest BCUT2D eigenvalue weighted by atomic mass is 16.5. The molecule has 2 rings (SSSR count). The third-order valence-electron chi connectivity index (χ3n) is 2.57. The summed E-state index contributed by atoms with van der Waals surface area (Å²) >= 11 is 0. The van der Waals surface area contributed by atoms with Gasteiger partial charge < -0.3 is 14.8 Å². The van der Waals surface area contributed by atoms with Gasteiger partial charge >= 0.3 is 5.97 Å². The number of hydrogen-bond donors (Lipinski definition) is 1. The Morgan fingerprint density at radius 1 is 1.47 bits per heavy atom. The Kier molecular flexibility index (Phi) is 3.87. The Morgan fingerprint density at radius 2 is 2.35 bits per heavy atom. The highest BCUT2D eigenvalue weighted by molar-refractivity contribution is 5.86. The number of nitrogens with zero attached hydrogens (tertiary/aromatic N) is 2. The van der Waals surface area contributed by atoms with E-state index in [0.29, 0.717) is 5.88 Å². The minimum Gasteiger partial charge on any atom is -0.472 e. The average Bonchev–Trinajstić information content (AvgIpc) is 2.40. The second-order valence-corrected chi connectivity index (χ2v) is 3.83. The molecule has 17 heavy (non-hydrogen) atoms. The van der Waals surface area contributed by atoms with Gasteiger partial charge in [0.25, 0.3) is 0 Å². The summed E-state index contributed by atoms with van der Waals surface area (Å²) in [7, 11) is 1.31. The van der Waals surface area contributed by atoms with Crippen molar-refractivity contribution in [3.63, 3.8) is 0 Å². The first kappa shape index (κ1) is 11.8. The van der Waals surface area contributed by atoms with E-state index in [9.17, 15) is 4.79 Å². The van der Waals surface area contributed by atoms with Crippen molar-refractivity contribution >= 4 is 5.97 Å². The highest BCUT2D eigenvalue weighted by Crippen LogP contribution is 2.12. The average molecular weight is 237 g/mol. The topological polar surface area (TPSA) is 73.3 Å². The second-order valence-electron chi connectivity index (χ2n) is 3.83. The Balaban J connectivity index is 1.95. The smallest absolute Gasteiger partial charge is 0.358 e. The van der Waals surface area contributed by atoms with Crippen LogP contribution in [0.3, 0.4) is 0 Å². The number of piperidine rings is 1. The van der Waals surface area contributed by atoms with Gasteiger partial charge in [-0.3, -0.25) is 0 Å². The van der Waals surface area contributed by atoms with Crippen molar-refractivity contribution in [3.8, 4) is 5.88 Å². The molecule has 1 atom stereocenters. The molecule has 0 amide bonds. The van der Waals surface area contributed by atoms with E-state index in [-0.39, 0.29) is 11.8 Å². The highest BCUT2D eigenvalue weighted by Gasteiger charge is 2.15. The standard InChI is InChI=1S/C11H15N3O3/c1-16-11(15)9-4-5-10(14-13-9)17-8-3-2-6-12-7-8/h4-5,8,12H,2-3,6-7H2,1H3. The van der Waals surface area contributed by atoms with Crippen LogP contribution < -0.4 is 10.1 Å². The second kappa shape index (κ2) is 5.58. The SMILES string of the molecule is COC(=O)c1ccc(OC2CCCNC2)nn1. The van der Waals surface area contributed by atoms with Gasteiger partial charge in [-0.1, -0.05) is 0 Å². The summed E-state index contributed by atoms with van der Waals surface area (Å²) < 4.78 is 10.2. The summed E-state index contributed by atoms with van der Waals surface area (Å²) in [6.45, 7) is 1.85. The fraction of sp³-hybridized carbons (Fsp3) is 0.545. The van der Waals surface area contributed by atoms with E-state index < -0.39 is 5.97 Å². The van der Waals surface area contributed by atoms with Crippen LogP contribution in [0.1, 0.15) is 23.3 Å².